The second-order valence-electron chi connectivity index (χ2n) is 7.14. The van der Waals surface area contributed by atoms with E-state index in [9.17, 15) is 0 Å². The maximum Gasteiger partial charge on any atom is 0.131 e. The van der Waals surface area contributed by atoms with Gasteiger partial charge in [-0.05, 0) is 22.8 Å². The third-order valence-electron chi connectivity index (χ3n) is 5.27. The molecule has 5 heteroatoms. The van der Waals surface area contributed by atoms with Crippen molar-refractivity contribution in [2.24, 2.45) is 0 Å². The smallest absolute Gasteiger partial charge is 0.131 e. The van der Waals surface area contributed by atoms with Crippen LogP contribution < -0.4 is 5.32 Å². The minimum absolute atomic E-state index is 0.0764. The molecular formula is C26H21Cl2N3. The van der Waals surface area contributed by atoms with Crippen molar-refractivity contribution < 1.29 is 0 Å². The number of alkyl halides is 1. The highest BCUT2D eigenvalue weighted by molar-refractivity contribution is 6.32. The summed E-state index contributed by atoms with van der Waals surface area (Å²) in [5.41, 5.74) is 4.04. The lowest BCUT2D eigenvalue weighted by Gasteiger charge is -2.38. The summed E-state index contributed by atoms with van der Waals surface area (Å²) >= 11 is 12.3. The van der Waals surface area contributed by atoms with Crippen molar-refractivity contribution in [3.05, 3.63) is 131 Å². The first-order valence-corrected chi connectivity index (χ1v) is 10.8. The fourth-order valence-electron chi connectivity index (χ4n) is 3.83. The van der Waals surface area contributed by atoms with Crippen LogP contribution in [0.1, 0.15) is 22.3 Å². The monoisotopic (exact) mass is 445 g/mol. The van der Waals surface area contributed by atoms with Gasteiger partial charge in [-0.25, -0.2) is 4.98 Å². The molecule has 0 aliphatic carbocycles. The van der Waals surface area contributed by atoms with Crippen LogP contribution in [0, 0.1) is 5.41 Å². The van der Waals surface area contributed by atoms with Gasteiger partial charge in [0.25, 0.3) is 0 Å². The van der Waals surface area contributed by atoms with Crippen LogP contribution in [-0.2, 0) is 5.54 Å². The molecule has 0 saturated carbocycles. The van der Waals surface area contributed by atoms with Crippen molar-refractivity contribution in [3.63, 3.8) is 0 Å². The number of nitrogens with one attached hydrogen (secondary N) is 2. The zero-order chi connectivity index (χ0) is 21.7. The number of nitrogens with zero attached hydrogens (tertiary/aromatic N) is 1. The molecule has 0 radical (unpaired) electrons. The number of anilines is 1. The van der Waals surface area contributed by atoms with Gasteiger partial charge >= 0.3 is 0 Å². The molecule has 154 valence electrons. The van der Waals surface area contributed by atoms with E-state index in [-0.39, 0.29) is 11.6 Å². The molecule has 0 amide bonds. The fraction of sp³-hybridized carbons (Fsp3) is 0.0769. The van der Waals surface area contributed by atoms with Crippen LogP contribution in [0.15, 0.2) is 103 Å². The Bertz CT molecular complexity index is 1070. The Kier molecular flexibility index (Phi) is 6.36. The van der Waals surface area contributed by atoms with E-state index in [0.717, 1.165) is 16.7 Å². The van der Waals surface area contributed by atoms with Gasteiger partial charge in [0, 0.05) is 17.4 Å². The Morgan fingerprint density at radius 2 is 1.26 bits per heavy atom. The van der Waals surface area contributed by atoms with Crippen LogP contribution in [0.4, 0.5) is 5.69 Å². The molecule has 0 fully saturated rings. The fourth-order valence-corrected chi connectivity index (χ4v) is 4.13. The molecule has 0 aliphatic rings. The third kappa shape index (κ3) is 4.20. The second-order valence-corrected chi connectivity index (χ2v) is 7.79. The van der Waals surface area contributed by atoms with Crippen molar-refractivity contribution in [2.45, 2.75) is 5.54 Å². The standard InChI is InChI=1S/C26H21Cl2N3/c27-17-23(29)22-18-30-25(28)16-24(22)31-26(19-10-4-1-5-11-19,20-12-6-2-7-13-20)21-14-8-3-9-15-21/h1-16,18,29H,17H2,(H,30,31). The van der Waals surface area contributed by atoms with Gasteiger partial charge in [-0.15, -0.1) is 11.6 Å². The number of hydrogen-bond acceptors (Lipinski definition) is 3. The Hall–Kier alpha value is -3.14. The van der Waals surface area contributed by atoms with E-state index in [1.54, 1.807) is 12.3 Å². The quantitative estimate of drug-likeness (QED) is 0.143. The summed E-state index contributed by atoms with van der Waals surface area (Å²) in [7, 11) is 0. The van der Waals surface area contributed by atoms with Gasteiger partial charge in [-0.2, -0.15) is 0 Å². The topological polar surface area (TPSA) is 48.8 Å². The first-order valence-electron chi connectivity index (χ1n) is 9.89. The molecule has 2 N–H and O–H groups in total. The van der Waals surface area contributed by atoms with E-state index in [0.29, 0.717) is 16.4 Å². The van der Waals surface area contributed by atoms with Gasteiger partial charge in [0.15, 0.2) is 0 Å². The lowest BCUT2D eigenvalue weighted by atomic mass is 9.76. The number of benzene rings is 3. The predicted octanol–water partition coefficient (Wildman–Crippen LogP) is 6.75. The zero-order valence-electron chi connectivity index (χ0n) is 16.7. The minimum Gasteiger partial charge on any atom is -0.367 e. The van der Waals surface area contributed by atoms with Crippen molar-refractivity contribution in [3.8, 4) is 0 Å². The van der Waals surface area contributed by atoms with E-state index in [1.807, 2.05) is 54.6 Å². The third-order valence-corrected chi connectivity index (χ3v) is 5.75. The molecule has 0 spiro atoms. The van der Waals surface area contributed by atoms with E-state index < -0.39 is 5.54 Å². The Morgan fingerprint density at radius 3 is 1.68 bits per heavy atom. The average molecular weight is 446 g/mol. The predicted molar refractivity (Wildman–Crippen MR) is 130 cm³/mol. The first-order chi connectivity index (χ1) is 15.1. The summed E-state index contributed by atoms with van der Waals surface area (Å²) in [5, 5.41) is 12.4. The van der Waals surface area contributed by atoms with Gasteiger partial charge in [-0.1, -0.05) is 103 Å². The number of rotatable bonds is 7. The summed E-state index contributed by atoms with van der Waals surface area (Å²) in [6.45, 7) is 0. The summed E-state index contributed by atoms with van der Waals surface area (Å²) in [6, 6.07) is 32.5. The summed E-state index contributed by atoms with van der Waals surface area (Å²) < 4.78 is 0. The number of pyridine rings is 1. The molecule has 3 aromatic carbocycles. The Balaban J connectivity index is 2.03. The molecule has 0 bridgehead atoms. The van der Waals surface area contributed by atoms with Gasteiger partial charge < -0.3 is 10.7 Å². The number of halogens is 2. The number of aromatic nitrogens is 1. The second kappa shape index (κ2) is 9.34. The Morgan fingerprint density at radius 1 is 0.806 bits per heavy atom. The zero-order valence-corrected chi connectivity index (χ0v) is 18.2. The summed E-state index contributed by atoms with van der Waals surface area (Å²) in [6.07, 6.45) is 1.60. The average Bonchev–Trinajstić information content (AvgIpc) is 2.84. The maximum atomic E-state index is 8.36. The van der Waals surface area contributed by atoms with E-state index in [2.05, 4.69) is 46.7 Å². The molecule has 4 aromatic rings. The van der Waals surface area contributed by atoms with Crippen LogP contribution >= 0.6 is 23.2 Å². The van der Waals surface area contributed by atoms with E-state index in [1.165, 1.54) is 0 Å². The molecule has 3 nitrogen and oxygen atoms in total. The van der Waals surface area contributed by atoms with Gasteiger partial charge in [0.05, 0.1) is 11.6 Å². The lowest BCUT2D eigenvalue weighted by Crippen LogP contribution is -2.38. The molecule has 1 aromatic heterocycles. The van der Waals surface area contributed by atoms with Crippen LogP contribution in [-0.4, -0.2) is 16.6 Å². The summed E-state index contributed by atoms with van der Waals surface area (Å²) in [4.78, 5) is 4.18. The van der Waals surface area contributed by atoms with Crippen molar-refractivity contribution in [1.82, 2.24) is 4.98 Å². The highest BCUT2D eigenvalue weighted by Crippen LogP contribution is 2.41. The van der Waals surface area contributed by atoms with Gasteiger partial charge in [-0.3, -0.25) is 0 Å². The van der Waals surface area contributed by atoms with Gasteiger partial charge in [0.2, 0.25) is 0 Å². The molecule has 4 rings (SSSR count). The van der Waals surface area contributed by atoms with Crippen molar-refractivity contribution >= 4 is 34.6 Å². The van der Waals surface area contributed by atoms with Crippen molar-refractivity contribution in [2.75, 3.05) is 11.2 Å². The molecule has 0 unspecified atom stereocenters. The highest BCUT2D eigenvalue weighted by Gasteiger charge is 2.37. The minimum atomic E-state index is -0.726. The van der Waals surface area contributed by atoms with E-state index >= 15 is 0 Å². The highest BCUT2D eigenvalue weighted by atomic mass is 35.5. The van der Waals surface area contributed by atoms with Crippen molar-refractivity contribution in [1.29, 1.82) is 5.41 Å². The normalized spacial score (nSPS) is 11.2. The molecule has 31 heavy (non-hydrogen) atoms. The Labute approximate surface area is 192 Å². The maximum absolute atomic E-state index is 8.36. The van der Waals surface area contributed by atoms with Crippen LogP contribution in [0.3, 0.4) is 0 Å². The summed E-state index contributed by atoms with van der Waals surface area (Å²) in [5.74, 6) is 0.0764. The van der Waals surface area contributed by atoms with E-state index in [4.69, 9.17) is 28.6 Å². The first kappa shape index (κ1) is 21.1. The SMILES string of the molecule is N=C(CCl)c1cnc(Cl)cc1NC(c1ccccc1)(c1ccccc1)c1ccccc1. The molecule has 0 saturated heterocycles. The van der Waals surface area contributed by atoms with Crippen LogP contribution in [0.25, 0.3) is 0 Å². The molecular weight excluding hydrogens is 425 g/mol. The molecule has 1 heterocycles. The largest absolute Gasteiger partial charge is 0.367 e. The number of hydrogen-bond donors (Lipinski definition) is 2. The molecule has 0 aliphatic heterocycles. The lowest BCUT2D eigenvalue weighted by molar-refractivity contribution is 0.711. The van der Waals surface area contributed by atoms with Gasteiger partial charge in [0.1, 0.15) is 10.7 Å². The van der Waals surface area contributed by atoms with Crippen LogP contribution in [0.2, 0.25) is 5.15 Å². The molecule has 0 atom stereocenters. The van der Waals surface area contributed by atoms with Crippen LogP contribution in [0.5, 0.6) is 0 Å².